The average molecular weight is 671 g/mol. The Morgan fingerprint density at radius 1 is 0.681 bits per heavy atom. The van der Waals surface area contributed by atoms with Gasteiger partial charge in [0.2, 0.25) is 0 Å². The normalized spacial score (nSPS) is 34.5. The summed E-state index contributed by atoms with van der Waals surface area (Å²) in [6.45, 7) is 6.91. The molecule has 4 aliphatic rings. The number of carbonyl (C=O) groups is 4. The molecule has 264 valence electrons. The van der Waals surface area contributed by atoms with E-state index in [1.165, 1.54) is 24.3 Å². The zero-order valence-electron chi connectivity index (χ0n) is 26.5. The first-order chi connectivity index (χ1) is 21.6. The van der Waals surface area contributed by atoms with Crippen LogP contribution in [0.2, 0.25) is 0 Å². The van der Waals surface area contributed by atoms with E-state index in [0.29, 0.717) is 0 Å². The maximum atomic E-state index is 10.6. The lowest BCUT2D eigenvalue weighted by Gasteiger charge is -2.38. The molecule has 8 atom stereocenters. The van der Waals surface area contributed by atoms with Gasteiger partial charge in [-0.2, -0.15) is 0 Å². The lowest BCUT2D eigenvalue weighted by Crippen LogP contribution is -2.52. The highest BCUT2D eigenvalue weighted by atomic mass is 16.4. The third-order valence-corrected chi connectivity index (χ3v) is 8.40. The van der Waals surface area contributed by atoms with Crippen molar-refractivity contribution in [2.24, 2.45) is 17.8 Å². The van der Waals surface area contributed by atoms with E-state index in [2.05, 4.69) is 0 Å². The van der Waals surface area contributed by atoms with Gasteiger partial charge in [-0.15, -0.1) is 0 Å². The number of aliphatic hydroxyl groups excluding tert-OH is 6. The molecule has 0 aliphatic heterocycles. The molecule has 4 rings (SSSR count). The SMILES string of the molecule is CC1=CC=C(C(=O)O)CC1O.CC1C(O)C=C(C(=O)O)CC1O.CC1C(O)CC(O)(C(=O)O)CC1O.CC1C=CC(C(=O)O)=CC1O. The molecule has 0 spiro atoms. The number of carboxylic acids is 4. The number of aliphatic carboxylic acids is 4. The molecule has 15 nitrogen and oxygen atoms in total. The van der Waals surface area contributed by atoms with Crippen molar-refractivity contribution in [3.05, 3.63) is 58.7 Å². The van der Waals surface area contributed by atoms with E-state index in [4.69, 9.17) is 20.4 Å². The van der Waals surface area contributed by atoms with Crippen LogP contribution >= 0.6 is 0 Å². The van der Waals surface area contributed by atoms with Crippen LogP contribution in [0.25, 0.3) is 0 Å². The van der Waals surface area contributed by atoms with E-state index in [9.17, 15) is 54.9 Å². The van der Waals surface area contributed by atoms with Gasteiger partial charge in [0.05, 0.1) is 42.2 Å². The Morgan fingerprint density at radius 2 is 1.21 bits per heavy atom. The topological polar surface area (TPSA) is 291 Å². The molecular formula is C32H46O15. The Hall–Kier alpha value is -3.70. The predicted molar refractivity (Wildman–Crippen MR) is 165 cm³/mol. The molecule has 0 aromatic carbocycles. The summed E-state index contributed by atoms with van der Waals surface area (Å²) in [5.41, 5.74) is -0.646. The predicted octanol–water partition coefficient (Wildman–Crippen LogP) is -0.0147. The van der Waals surface area contributed by atoms with Crippen LogP contribution < -0.4 is 0 Å². The number of rotatable bonds is 4. The van der Waals surface area contributed by atoms with E-state index >= 15 is 0 Å². The van der Waals surface area contributed by atoms with Crippen molar-refractivity contribution in [3.8, 4) is 0 Å². The fourth-order valence-electron chi connectivity index (χ4n) is 4.64. The van der Waals surface area contributed by atoms with E-state index in [1.54, 1.807) is 32.9 Å². The molecule has 0 radical (unpaired) electrons. The maximum absolute atomic E-state index is 10.6. The monoisotopic (exact) mass is 670 g/mol. The lowest BCUT2D eigenvalue weighted by atomic mass is 9.76. The van der Waals surface area contributed by atoms with Gasteiger partial charge in [0.15, 0.2) is 5.60 Å². The molecule has 0 bridgehead atoms. The summed E-state index contributed by atoms with van der Waals surface area (Å²) >= 11 is 0. The molecule has 8 unspecified atom stereocenters. The second-order valence-corrected chi connectivity index (χ2v) is 12.1. The number of aliphatic hydroxyl groups is 7. The van der Waals surface area contributed by atoms with E-state index in [0.717, 1.165) is 5.57 Å². The Labute approximate surface area is 271 Å². The van der Waals surface area contributed by atoms with Gasteiger partial charge in [-0.1, -0.05) is 45.1 Å². The van der Waals surface area contributed by atoms with Crippen LogP contribution in [-0.2, 0) is 19.2 Å². The third kappa shape index (κ3) is 12.4. The minimum atomic E-state index is -1.98. The highest BCUT2D eigenvalue weighted by Crippen LogP contribution is 2.32. The zero-order chi connectivity index (χ0) is 36.4. The molecule has 0 aromatic heterocycles. The Kier molecular flexibility index (Phi) is 15.8. The minimum absolute atomic E-state index is 0.0121. The van der Waals surface area contributed by atoms with Gasteiger partial charge in [-0.3, -0.25) is 0 Å². The molecule has 0 heterocycles. The summed E-state index contributed by atoms with van der Waals surface area (Å²) in [5.74, 6) is -5.07. The number of hydrogen-bond acceptors (Lipinski definition) is 11. The Morgan fingerprint density at radius 3 is 1.62 bits per heavy atom. The Bertz CT molecular complexity index is 1280. The van der Waals surface area contributed by atoms with E-state index < -0.39 is 66.1 Å². The summed E-state index contributed by atoms with van der Waals surface area (Å²) < 4.78 is 0. The van der Waals surface area contributed by atoms with Crippen LogP contribution in [-0.4, -0.2) is 122 Å². The summed E-state index contributed by atoms with van der Waals surface area (Å²) in [6, 6.07) is 0. The largest absolute Gasteiger partial charge is 0.479 e. The molecule has 47 heavy (non-hydrogen) atoms. The highest BCUT2D eigenvalue weighted by molar-refractivity contribution is 5.90. The molecule has 1 saturated carbocycles. The van der Waals surface area contributed by atoms with E-state index in [-0.39, 0.29) is 60.2 Å². The Balaban J connectivity index is 0.000000314. The van der Waals surface area contributed by atoms with Crippen molar-refractivity contribution < 1.29 is 75.3 Å². The van der Waals surface area contributed by atoms with Crippen LogP contribution in [0.5, 0.6) is 0 Å². The molecular weight excluding hydrogens is 624 g/mol. The number of allylic oxidation sites excluding steroid dienone is 2. The fourth-order valence-corrected chi connectivity index (χ4v) is 4.64. The number of hydrogen-bond donors (Lipinski definition) is 11. The lowest BCUT2D eigenvalue weighted by molar-refractivity contribution is -0.177. The summed E-state index contributed by atoms with van der Waals surface area (Å²) in [5, 5.41) is 99.4. The molecule has 0 amide bonds. The van der Waals surface area contributed by atoms with Gasteiger partial charge in [0.1, 0.15) is 0 Å². The van der Waals surface area contributed by atoms with Crippen LogP contribution in [0, 0.1) is 17.8 Å². The minimum Gasteiger partial charge on any atom is -0.479 e. The van der Waals surface area contributed by atoms with Crippen molar-refractivity contribution in [3.63, 3.8) is 0 Å². The quantitative estimate of drug-likeness (QED) is 0.187. The molecule has 1 fully saturated rings. The standard InChI is InChI=1S/C8H14O5.C8H12O4.2C8H10O3/c1-4-5(9)2-8(13,7(11)12)3-6(4)10;1-4-6(9)2-5(8(11)12)3-7(4)10;2*1-5-2-3-6(8(10)11)4-7(5)9/h4-6,9-10,13H,2-3H2,1H3,(H,11,12);2,4,6-7,9-10H,3H2,1H3,(H,11,12);2-3,7,9H,4H2,1H3,(H,10,11);2-5,7,9H,1H3,(H,10,11). The highest BCUT2D eigenvalue weighted by Gasteiger charge is 2.47. The molecule has 11 N–H and O–H groups in total. The van der Waals surface area contributed by atoms with Crippen LogP contribution in [0.15, 0.2) is 58.7 Å². The van der Waals surface area contributed by atoms with Gasteiger partial charge in [0, 0.05) is 54.6 Å². The fraction of sp³-hybridized carbons (Fsp3) is 0.562. The molecule has 15 heteroatoms. The summed E-state index contributed by atoms with van der Waals surface area (Å²) in [7, 11) is 0. The molecule has 0 saturated heterocycles. The second kappa shape index (κ2) is 18.0. The van der Waals surface area contributed by atoms with Crippen molar-refractivity contribution in [1.29, 1.82) is 0 Å². The van der Waals surface area contributed by atoms with Gasteiger partial charge in [-0.05, 0) is 24.6 Å². The van der Waals surface area contributed by atoms with Gasteiger partial charge >= 0.3 is 23.9 Å². The van der Waals surface area contributed by atoms with Crippen molar-refractivity contribution in [2.45, 2.75) is 95.6 Å². The van der Waals surface area contributed by atoms with Crippen molar-refractivity contribution >= 4 is 23.9 Å². The van der Waals surface area contributed by atoms with Gasteiger partial charge < -0.3 is 56.2 Å². The molecule has 4 aliphatic carbocycles. The molecule has 0 aromatic rings. The van der Waals surface area contributed by atoms with E-state index in [1.807, 2.05) is 6.92 Å². The first-order valence-electron chi connectivity index (χ1n) is 14.8. The first kappa shape index (κ1) is 41.3. The smallest absolute Gasteiger partial charge is 0.335 e. The van der Waals surface area contributed by atoms with Crippen molar-refractivity contribution in [1.82, 2.24) is 0 Å². The van der Waals surface area contributed by atoms with Crippen LogP contribution in [0.4, 0.5) is 0 Å². The second-order valence-electron chi connectivity index (χ2n) is 12.1. The van der Waals surface area contributed by atoms with Crippen LogP contribution in [0.1, 0.15) is 53.4 Å². The summed E-state index contributed by atoms with van der Waals surface area (Å²) in [6.07, 6.45) is 4.09. The number of carboxylic acid groups (broad SMARTS) is 4. The summed E-state index contributed by atoms with van der Waals surface area (Å²) in [4.78, 5) is 41.8. The van der Waals surface area contributed by atoms with Crippen molar-refractivity contribution in [2.75, 3.05) is 0 Å². The first-order valence-corrected chi connectivity index (χ1v) is 14.8. The maximum Gasteiger partial charge on any atom is 0.335 e. The van der Waals surface area contributed by atoms with Gasteiger partial charge in [-0.25, -0.2) is 19.2 Å². The zero-order valence-corrected chi connectivity index (χ0v) is 26.5. The average Bonchev–Trinajstić information content (AvgIpc) is 2.98. The third-order valence-electron chi connectivity index (χ3n) is 8.40. The van der Waals surface area contributed by atoms with Crippen LogP contribution in [0.3, 0.4) is 0 Å². The van der Waals surface area contributed by atoms with Gasteiger partial charge in [0.25, 0.3) is 0 Å².